The van der Waals surface area contributed by atoms with E-state index in [2.05, 4.69) is 26.1 Å². The molecular weight excluding hydrogens is 186 g/mol. The first-order chi connectivity index (χ1) is 7.11. The van der Waals surface area contributed by atoms with Gasteiger partial charge in [0.1, 0.15) is 0 Å². The average molecular weight is 213 g/mol. The van der Waals surface area contributed by atoms with E-state index < -0.39 is 0 Å². The summed E-state index contributed by atoms with van der Waals surface area (Å²) in [6, 6.07) is 1.32. The molecule has 1 fully saturated rings. The maximum absolute atomic E-state index is 5.44. The van der Waals surface area contributed by atoms with Crippen LogP contribution < -0.4 is 5.32 Å². The van der Waals surface area contributed by atoms with Crippen LogP contribution in [0.4, 0.5) is 0 Å². The molecule has 2 nitrogen and oxygen atoms in total. The fraction of sp³-hybridized carbons (Fsp3) is 1.00. The molecule has 90 valence electrons. The first-order valence-electron chi connectivity index (χ1n) is 6.40. The average Bonchev–Trinajstić information content (AvgIpc) is 2.16. The van der Waals surface area contributed by atoms with Gasteiger partial charge in [-0.2, -0.15) is 0 Å². The van der Waals surface area contributed by atoms with E-state index >= 15 is 0 Å². The van der Waals surface area contributed by atoms with E-state index in [1.807, 2.05) is 7.11 Å². The zero-order valence-corrected chi connectivity index (χ0v) is 10.8. The van der Waals surface area contributed by atoms with Crippen molar-refractivity contribution in [2.45, 2.75) is 71.1 Å². The molecule has 0 amide bonds. The standard InChI is InChI=1S/C13H27NO/c1-10(2)8-11(3)14-12-6-5-7-13(9-12)15-4/h10-14H,5-9H2,1-4H3. The summed E-state index contributed by atoms with van der Waals surface area (Å²) in [5.41, 5.74) is 0. The Morgan fingerprint density at radius 3 is 2.60 bits per heavy atom. The van der Waals surface area contributed by atoms with Crippen molar-refractivity contribution in [3.05, 3.63) is 0 Å². The molecule has 1 aliphatic rings. The molecule has 1 rings (SSSR count). The first-order valence-corrected chi connectivity index (χ1v) is 6.40. The molecule has 1 saturated carbocycles. The predicted molar refractivity (Wildman–Crippen MR) is 65.1 cm³/mol. The lowest BCUT2D eigenvalue weighted by Gasteiger charge is -2.31. The Morgan fingerprint density at radius 1 is 1.27 bits per heavy atom. The monoisotopic (exact) mass is 213 g/mol. The zero-order chi connectivity index (χ0) is 11.3. The molecule has 2 heteroatoms. The Labute approximate surface area is 94.8 Å². The Balaban J connectivity index is 2.25. The third-order valence-corrected chi connectivity index (χ3v) is 3.30. The molecule has 1 N–H and O–H groups in total. The Bertz CT molecular complexity index is 170. The highest BCUT2D eigenvalue weighted by Crippen LogP contribution is 2.21. The minimum atomic E-state index is 0.488. The lowest BCUT2D eigenvalue weighted by atomic mass is 9.91. The quantitative estimate of drug-likeness (QED) is 0.758. The molecule has 0 aromatic rings. The van der Waals surface area contributed by atoms with Crippen LogP contribution in [0.25, 0.3) is 0 Å². The molecule has 0 aliphatic heterocycles. The van der Waals surface area contributed by atoms with Crippen LogP contribution in [0.3, 0.4) is 0 Å². The van der Waals surface area contributed by atoms with Crippen molar-refractivity contribution >= 4 is 0 Å². The van der Waals surface area contributed by atoms with Crippen molar-refractivity contribution in [1.29, 1.82) is 0 Å². The van der Waals surface area contributed by atoms with Gasteiger partial charge in [-0.1, -0.05) is 13.8 Å². The van der Waals surface area contributed by atoms with Crippen LogP contribution in [-0.4, -0.2) is 25.3 Å². The summed E-state index contributed by atoms with van der Waals surface area (Å²) < 4.78 is 5.44. The molecule has 0 aromatic heterocycles. The molecule has 1 aliphatic carbocycles. The van der Waals surface area contributed by atoms with Crippen molar-refractivity contribution in [2.24, 2.45) is 5.92 Å². The second kappa shape index (κ2) is 6.49. The van der Waals surface area contributed by atoms with Crippen LogP contribution >= 0.6 is 0 Å². The van der Waals surface area contributed by atoms with E-state index in [1.54, 1.807) is 0 Å². The fourth-order valence-electron chi connectivity index (χ4n) is 2.69. The summed E-state index contributed by atoms with van der Waals surface area (Å²) in [5, 5.41) is 3.73. The normalized spacial score (nSPS) is 29.4. The zero-order valence-electron chi connectivity index (χ0n) is 10.8. The van der Waals surface area contributed by atoms with Crippen molar-refractivity contribution < 1.29 is 4.74 Å². The summed E-state index contributed by atoms with van der Waals surface area (Å²) in [5.74, 6) is 0.786. The van der Waals surface area contributed by atoms with Crippen LogP contribution in [0.2, 0.25) is 0 Å². The molecule has 3 unspecified atom stereocenters. The lowest BCUT2D eigenvalue weighted by molar-refractivity contribution is 0.0568. The van der Waals surface area contributed by atoms with E-state index in [4.69, 9.17) is 4.74 Å². The number of rotatable bonds is 5. The summed E-state index contributed by atoms with van der Waals surface area (Å²) >= 11 is 0. The molecule has 0 heterocycles. The van der Waals surface area contributed by atoms with Gasteiger partial charge in [0.25, 0.3) is 0 Å². The predicted octanol–water partition coefficient (Wildman–Crippen LogP) is 2.97. The van der Waals surface area contributed by atoms with E-state index in [9.17, 15) is 0 Å². The van der Waals surface area contributed by atoms with Gasteiger partial charge in [0.15, 0.2) is 0 Å². The van der Waals surface area contributed by atoms with Crippen molar-refractivity contribution in [1.82, 2.24) is 5.32 Å². The molecule has 0 aromatic carbocycles. The van der Waals surface area contributed by atoms with Gasteiger partial charge in [-0.25, -0.2) is 0 Å². The number of hydrogen-bond donors (Lipinski definition) is 1. The van der Waals surface area contributed by atoms with Gasteiger partial charge in [-0.3, -0.25) is 0 Å². The second-order valence-electron chi connectivity index (χ2n) is 5.42. The second-order valence-corrected chi connectivity index (χ2v) is 5.42. The van der Waals surface area contributed by atoms with Gasteiger partial charge < -0.3 is 10.1 Å². The van der Waals surface area contributed by atoms with Gasteiger partial charge >= 0.3 is 0 Å². The maximum atomic E-state index is 5.44. The van der Waals surface area contributed by atoms with Gasteiger partial charge in [0.05, 0.1) is 6.10 Å². The van der Waals surface area contributed by atoms with Gasteiger partial charge in [0.2, 0.25) is 0 Å². The van der Waals surface area contributed by atoms with Gasteiger partial charge in [-0.05, 0) is 44.9 Å². The van der Waals surface area contributed by atoms with E-state index in [0.717, 1.165) is 5.92 Å². The first kappa shape index (κ1) is 13.0. The van der Waals surface area contributed by atoms with Crippen LogP contribution in [0.5, 0.6) is 0 Å². The molecule has 15 heavy (non-hydrogen) atoms. The number of ether oxygens (including phenoxy) is 1. The minimum Gasteiger partial charge on any atom is -0.381 e. The summed E-state index contributed by atoms with van der Waals surface area (Å²) in [4.78, 5) is 0. The van der Waals surface area contributed by atoms with Crippen molar-refractivity contribution in [3.63, 3.8) is 0 Å². The van der Waals surface area contributed by atoms with Crippen LogP contribution in [0.1, 0.15) is 52.9 Å². The summed E-state index contributed by atoms with van der Waals surface area (Å²) in [6.45, 7) is 6.88. The highest BCUT2D eigenvalue weighted by atomic mass is 16.5. The van der Waals surface area contributed by atoms with Crippen LogP contribution in [0.15, 0.2) is 0 Å². The summed E-state index contributed by atoms with van der Waals surface area (Å²) in [6.07, 6.45) is 6.83. The Morgan fingerprint density at radius 2 is 2.00 bits per heavy atom. The van der Waals surface area contributed by atoms with Crippen molar-refractivity contribution in [3.8, 4) is 0 Å². The van der Waals surface area contributed by atoms with E-state index in [1.165, 1.54) is 32.1 Å². The van der Waals surface area contributed by atoms with E-state index in [-0.39, 0.29) is 0 Å². The SMILES string of the molecule is COC1CCCC(NC(C)CC(C)C)C1. The topological polar surface area (TPSA) is 21.3 Å². The highest BCUT2D eigenvalue weighted by molar-refractivity contribution is 4.80. The third kappa shape index (κ3) is 4.98. The number of nitrogens with one attached hydrogen (secondary N) is 1. The molecule has 0 radical (unpaired) electrons. The Hall–Kier alpha value is -0.0800. The molecule has 0 bridgehead atoms. The molecular formula is C13H27NO. The highest BCUT2D eigenvalue weighted by Gasteiger charge is 2.22. The van der Waals surface area contributed by atoms with Crippen molar-refractivity contribution in [2.75, 3.05) is 7.11 Å². The van der Waals surface area contributed by atoms with E-state index in [0.29, 0.717) is 18.2 Å². The van der Waals surface area contributed by atoms with Crippen LogP contribution in [-0.2, 0) is 4.74 Å². The lowest BCUT2D eigenvalue weighted by Crippen LogP contribution is -2.41. The molecule has 3 atom stereocenters. The maximum Gasteiger partial charge on any atom is 0.0586 e. The van der Waals surface area contributed by atoms with Crippen LogP contribution in [0, 0.1) is 5.92 Å². The third-order valence-electron chi connectivity index (χ3n) is 3.30. The largest absolute Gasteiger partial charge is 0.381 e. The fourth-order valence-corrected chi connectivity index (χ4v) is 2.69. The Kier molecular flexibility index (Phi) is 5.62. The summed E-state index contributed by atoms with van der Waals surface area (Å²) in [7, 11) is 1.84. The smallest absolute Gasteiger partial charge is 0.0586 e. The molecule has 0 spiro atoms. The van der Waals surface area contributed by atoms with Gasteiger partial charge in [0, 0.05) is 19.2 Å². The minimum absolute atomic E-state index is 0.488. The number of methoxy groups -OCH3 is 1. The number of hydrogen-bond acceptors (Lipinski definition) is 2. The van der Waals surface area contributed by atoms with Gasteiger partial charge in [-0.15, -0.1) is 0 Å². The molecule has 0 saturated heterocycles.